The van der Waals surface area contributed by atoms with Gasteiger partial charge >= 0.3 is 5.97 Å². The van der Waals surface area contributed by atoms with Gasteiger partial charge < -0.3 is 10.4 Å². The smallest absolute Gasteiger partial charge is 0.317 e. The van der Waals surface area contributed by atoms with Gasteiger partial charge in [-0.25, -0.2) is 0 Å². The third-order valence-corrected chi connectivity index (χ3v) is 4.61. The molecule has 1 aromatic rings. The minimum absolute atomic E-state index is 0.0234. The number of carboxylic acids is 1. The fourth-order valence-corrected chi connectivity index (χ4v) is 3.47. The summed E-state index contributed by atoms with van der Waals surface area (Å²) in [5.74, 6) is -0.824. The Bertz CT molecular complexity index is 583. The van der Waals surface area contributed by atoms with Crippen molar-refractivity contribution in [3.63, 3.8) is 0 Å². The lowest BCUT2D eigenvalue weighted by Gasteiger charge is -2.42. The highest BCUT2D eigenvalue weighted by atomic mass is 16.4. The lowest BCUT2D eigenvalue weighted by molar-refractivity contribution is -0.139. The van der Waals surface area contributed by atoms with E-state index in [0.717, 1.165) is 35.1 Å². The summed E-state index contributed by atoms with van der Waals surface area (Å²) < 4.78 is 0. The molecule has 0 aromatic heterocycles. The molecule has 0 heterocycles. The molecular formula is C18H26N2O3. The maximum atomic E-state index is 12.5. The predicted molar refractivity (Wildman–Crippen MR) is 89.8 cm³/mol. The lowest BCUT2D eigenvalue weighted by Crippen LogP contribution is -2.54. The Labute approximate surface area is 137 Å². The highest BCUT2D eigenvalue weighted by Gasteiger charge is 2.35. The van der Waals surface area contributed by atoms with Crippen LogP contribution in [-0.4, -0.2) is 47.1 Å². The van der Waals surface area contributed by atoms with Gasteiger partial charge in [0.1, 0.15) is 0 Å². The van der Waals surface area contributed by atoms with E-state index in [1.54, 1.807) is 0 Å². The van der Waals surface area contributed by atoms with Gasteiger partial charge in [0.2, 0.25) is 0 Å². The second-order valence-corrected chi connectivity index (χ2v) is 6.53. The zero-order valence-corrected chi connectivity index (χ0v) is 14.3. The normalized spacial score (nSPS) is 20.2. The zero-order valence-electron chi connectivity index (χ0n) is 14.3. The summed E-state index contributed by atoms with van der Waals surface area (Å²) in [7, 11) is 0. The number of amides is 1. The molecule has 1 aromatic carbocycles. The van der Waals surface area contributed by atoms with Crippen molar-refractivity contribution in [3.8, 4) is 0 Å². The number of hydrogen-bond donors (Lipinski definition) is 2. The third kappa shape index (κ3) is 4.10. The van der Waals surface area contributed by atoms with Gasteiger partial charge in [-0.15, -0.1) is 0 Å². The minimum Gasteiger partial charge on any atom is -0.480 e. The Hall–Kier alpha value is -1.88. The van der Waals surface area contributed by atoms with Crippen LogP contribution in [0.3, 0.4) is 0 Å². The number of likely N-dealkylation sites (N-methyl/N-ethyl adjacent to an activating group) is 1. The number of carbonyl (C=O) groups excluding carboxylic acids is 1. The van der Waals surface area contributed by atoms with Crippen LogP contribution in [0.15, 0.2) is 12.1 Å². The van der Waals surface area contributed by atoms with Gasteiger partial charge in [0.05, 0.1) is 6.54 Å². The molecule has 2 N–H and O–H groups in total. The van der Waals surface area contributed by atoms with Crippen LogP contribution in [0.25, 0.3) is 0 Å². The van der Waals surface area contributed by atoms with Gasteiger partial charge in [-0.05, 0) is 51.3 Å². The second kappa shape index (κ2) is 7.13. The van der Waals surface area contributed by atoms with Crippen molar-refractivity contribution in [2.45, 2.75) is 52.6 Å². The summed E-state index contributed by atoms with van der Waals surface area (Å²) in [6.45, 7) is 8.70. The summed E-state index contributed by atoms with van der Waals surface area (Å²) in [6, 6.07) is 4.44. The van der Waals surface area contributed by atoms with Gasteiger partial charge in [-0.3, -0.25) is 14.5 Å². The molecule has 0 radical (unpaired) electrons. The second-order valence-electron chi connectivity index (χ2n) is 6.53. The molecule has 1 fully saturated rings. The number of nitrogens with zero attached hydrogens (tertiary/aromatic N) is 1. The zero-order chi connectivity index (χ0) is 17.1. The van der Waals surface area contributed by atoms with Crippen LogP contribution in [0.1, 0.15) is 46.8 Å². The van der Waals surface area contributed by atoms with Crippen LogP contribution < -0.4 is 5.32 Å². The number of carboxylic acid groups (broad SMARTS) is 1. The van der Waals surface area contributed by atoms with E-state index in [0.29, 0.717) is 6.54 Å². The number of aliphatic carboxylic acids is 1. The lowest BCUT2D eigenvalue weighted by atomic mass is 9.85. The molecule has 0 saturated heterocycles. The number of rotatable bonds is 6. The maximum absolute atomic E-state index is 12.5. The van der Waals surface area contributed by atoms with Crippen molar-refractivity contribution in [3.05, 3.63) is 34.4 Å². The molecule has 126 valence electrons. The minimum atomic E-state index is -0.801. The third-order valence-electron chi connectivity index (χ3n) is 4.61. The average Bonchev–Trinajstić information content (AvgIpc) is 2.38. The van der Waals surface area contributed by atoms with Crippen LogP contribution in [0.2, 0.25) is 0 Å². The molecule has 0 unspecified atom stereocenters. The van der Waals surface area contributed by atoms with E-state index in [9.17, 15) is 9.59 Å². The Morgan fingerprint density at radius 2 is 1.78 bits per heavy atom. The van der Waals surface area contributed by atoms with Gasteiger partial charge in [-0.1, -0.05) is 24.6 Å². The summed E-state index contributed by atoms with van der Waals surface area (Å²) in [5.41, 5.74) is 3.92. The monoisotopic (exact) mass is 318 g/mol. The summed E-state index contributed by atoms with van der Waals surface area (Å²) in [5, 5.41) is 12.0. The first-order chi connectivity index (χ1) is 10.8. The van der Waals surface area contributed by atoms with Crippen molar-refractivity contribution >= 4 is 11.9 Å². The molecule has 1 aliphatic rings. The molecule has 0 atom stereocenters. The Morgan fingerprint density at radius 3 is 2.26 bits per heavy atom. The van der Waals surface area contributed by atoms with Crippen molar-refractivity contribution in [2.24, 2.45) is 0 Å². The Morgan fingerprint density at radius 1 is 1.22 bits per heavy atom. The summed E-state index contributed by atoms with van der Waals surface area (Å²) in [4.78, 5) is 25.3. The predicted octanol–water partition coefficient (Wildman–Crippen LogP) is 2.28. The average molecular weight is 318 g/mol. The fraction of sp³-hybridized carbons (Fsp3) is 0.556. The van der Waals surface area contributed by atoms with E-state index in [4.69, 9.17) is 5.11 Å². The van der Waals surface area contributed by atoms with Crippen LogP contribution >= 0.6 is 0 Å². The molecule has 5 nitrogen and oxygen atoms in total. The number of hydrogen-bond acceptors (Lipinski definition) is 3. The van der Waals surface area contributed by atoms with Crippen molar-refractivity contribution in [1.82, 2.24) is 10.2 Å². The summed E-state index contributed by atoms with van der Waals surface area (Å²) >= 11 is 0. The SMILES string of the molecule is CCN(CC(=O)O)C1CC(NC(=O)c2c(C)cc(C)cc2C)C1. The molecule has 0 bridgehead atoms. The van der Waals surface area contributed by atoms with E-state index in [-0.39, 0.29) is 24.5 Å². The molecule has 1 saturated carbocycles. The topological polar surface area (TPSA) is 69.6 Å². The molecular weight excluding hydrogens is 292 g/mol. The molecule has 5 heteroatoms. The van der Waals surface area contributed by atoms with Gasteiger partial charge in [-0.2, -0.15) is 0 Å². The fourth-order valence-electron chi connectivity index (χ4n) is 3.47. The van der Waals surface area contributed by atoms with Crippen molar-refractivity contribution in [1.29, 1.82) is 0 Å². The van der Waals surface area contributed by atoms with Crippen LogP contribution in [0, 0.1) is 20.8 Å². The molecule has 0 spiro atoms. The van der Waals surface area contributed by atoms with E-state index in [1.165, 1.54) is 0 Å². The first kappa shape index (κ1) is 17.5. The molecule has 2 rings (SSSR count). The Kier molecular flexibility index (Phi) is 5.42. The molecule has 23 heavy (non-hydrogen) atoms. The van der Waals surface area contributed by atoms with Gasteiger partial charge in [0, 0.05) is 17.6 Å². The maximum Gasteiger partial charge on any atom is 0.317 e. The quantitative estimate of drug-likeness (QED) is 0.844. The highest BCUT2D eigenvalue weighted by Crippen LogP contribution is 2.26. The standard InChI is InChI=1S/C18H26N2O3/c1-5-20(10-16(21)22)15-8-14(9-15)19-18(23)17-12(3)6-11(2)7-13(17)4/h6-7,14-15H,5,8-10H2,1-4H3,(H,19,23)(H,21,22). The van der Waals surface area contributed by atoms with E-state index in [1.807, 2.05) is 44.7 Å². The van der Waals surface area contributed by atoms with Gasteiger partial charge in [0.25, 0.3) is 5.91 Å². The van der Waals surface area contributed by atoms with Crippen LogP contribution in [0.4, 0.5) is 0 Å². The molecule has 1 aliphatic carbocycles. The summed E-state index contributed by atoms with van der Waals surface area (Å²) in [6.07, 6.45) is 1.63. The van der Waals surface area contributed by atoms with Crippen molar-refractivity contribution < 1.29 is 14.7 Å². The Balaban J connectivity index is 1.93. The molecule has 1 amide bonds. The number of aryl methyl sites for hydroxylation is 3. The van der Waals surface area contributed by atoms with E-state index >= 15 is 0 Å². The largest absolute Gasteiger partial charge is 0.480 e. The van der Waals surface area contributed by atoms with Crippen LogP contribution in [0.5, 0.6) is 0 Å². The van der Waals surface area contributed by atoms with Crippen LogP contribution in [-0.2, 0) is 4.79 Å². The van der Waals surface area contributed by atoms with E-state index < -0.39 is 5.97 Å². The first-order valence-corrected chi connectivity index (χ1v) is 8.16. The van der Waals surface area contributed by atoms with E-state index in [2.05, 4.69) is 5.32 Å². The number of nitrogens with one attached hydrogen (secondary N) is 1. The number of benzene rings is 1. The number of carbonyl (C=O) groups is 2. The van der Waals surface area contributed by atoms with Crippen molar-refractivity contribution in [2.75, 3.05) is 13.1 Å². The highest BCUT2D eigenvalue weighted by molar-refractivity contribution is 5.97. The first-order valence-electron chi connectivity index (χ1n) is 8.16. The molecule has 0 aliphatic heterocycles. The van der Waals surface area contributed by atoms with Gasteiger partial charge in [0.15, 0.2) is 0 Å².